The Labute approximate surface area is 183 Å². The molecule has 5 heteroatoms. The van der Waals surface area contributed by atoms with Crippen molar-refractivity contribution < 1.29 is 4.74 Å². The Hall–Kier alpha value is -3.34. The van der Waals surface area contributed by atoms with E-state index in [1.54, 1.807) is 13.4 Å². The molecule has 2 heterocycles. The molecular formula is C26H28N4O. The van der Waals surface area contributed by atoms with Gasteiger partial charge in [0.05, 0.1) is 18.2 Å². The highest BCUT2D eigenvalue weighted by Gasteiger charge is 2.24. The second-order valence-electron chi connectivity index (χ2n) is 8.30. The third-order valence-electron chi connectivity index (χ3n) is 6.36. The minimum absolute atomic E-state index is 0.151. The molecule has 1 atom stereocenters. The summed E-state index contributed by atoms with van der Waals surface area (Å²) in [6.45, 7) is 2.17. The summed E-state index contributed by atoms with van der Waals surface area (Å²) in [6, 6.07) is 21.6. The lowest BCUT2D eigenvalue weighted by Gasteiger charge is -2.18. The monoisotopic (exact) mass is 412 g/mol. The highest BCUT2D eigenvalue weighted by Crippen LogP contribution is 2.39. The van der Waals surface area contributed by atoms with E-state index in [0.717, 1.165) is 22.6 Å². The van der Waals surface area contributed by atoms with Gasteiger partial charge in [0.2, 0.25) is 0 Å². The molecule has 1 aliphatic rings. The third-order valence-corrected chi connectivity index (χ3v) is 6.36. The number of benzene rings is 2. The molecule has 4 aromatic rings. The van der Waals surface area contributed by atoms with E-state index in [1.165, 1.54) is 42.5 Å². The van der Waals surface area contributed by atoms with Crippen LogP contribution in [-0.2, 0) is 0 Å². The first kappa shape index (κ1) is 19.6. The van der Waals surface area contributed by atoms with E-state index in [4.69, 9.17) is 9.72 Å². The van der Waals surface area contributed by atoms with Crippen molar-refractivity contribution in [3.05, 3.63) is 72.6 Å². The zero-order chi connectivity index (χ0) is 21.2. The Balaban J connectivity index is 1.60. The number of methoxy groups -OCH3 is 1. The van der Waals surface area contributed by atoms with Crippen LogP contribution in [0.1, 0.15) is 50.3 Å². The maximum Gasteiger partial charge on any atom is 0.146 e. The topological polar surface area (TPSA) is 52.0 Å². The summed E-state index contributed by atoms with van der Waals surface area (Å²) in [5.74, 6) is 1.75. The van der Waals surface area contributed by atoms with Crippen LogP contribution < -0.4 is 10.1 Å². The number of ether oxygens (including phenoxy) is 1. The quantitative estimate of drug-likeness (QED) is 0.398. The largest absolute Gasteiger partial charge is 0.497 e. The van der Waals surface area contributed by atoms with Gasteiger partial charge in [0.25, 0.3) is 0 Å². The predicted molar refractivity (Wildman–Crippen MR) is 126 cm³/mol. The average Bonchev–Trinajstić information content (AvgIpc) is 3.48. The van der Waals surface area contributed by atoms with Gasteiger partial charge in [0.15, 0.2) is 0 Å². The van der Waals surface area contributed by atoms with Crippen LogP contribution in [0.4, 0.5) is 5.82 Å². The Morgan fingerprint density at radius 1 is 1.00 bits per heavy atom. The van der Waals surface area contributed by atoms with Gasteiger partial charge in [-0.15, -0.1) is 0 Å². The van der Waals surface area contributed by atoms with E-state index in [-0.39, 0.29) is 6.04 Å². The fourth-order valence-corrected chi connectivity index (χ4v) is 4.69. The van der Waals surface area contributed by atoms with Gasteiger partial charge in [0, 0.05) is 12.1 Å². The molecular weight excluding hydrogens is 384 g/mol. The van der Waals surface area contributed by atoms with Crippen LogP contribution in [0, 0.1) is 0 Å². The van der Waals surface area contributed by atoms with Gasteiger partial charge >= 0.3 is 0 Å². The molecule has 2 aromatic heterocycles. The van der Waals surface area contributed by atoms with Crippen LogP contribution in [0.15, 0.2) is 67.0 Å². The summed E-state index contributed by atoms with van der Waals surface area (Å²) in [5, 5.41) is 4.69. The maximum absolute atomic E-state index is 5.36. The zero-order valence-electron chi connectivity index (χ0n) is 18.1. The molecule has 0 spiro atoms. The zero-order valence-corrected chi connectivity index (χ0v) is 18.1. The molecule has 5 nitrogen and oxygen atoms in total. The number of nitrogens with zero attached hydrogens (tertiary/aromatic N) is 3. The molecule has 1 aliphatic carbocycles. The molecule has 0 amide bonds. The number of hydrogen-bond donors (Lipinski definition) is 1. The second kappa shape index (κ2) is 8.42. The Morgan fingerprint density at radius 2 is 1.74 bits per heavy atom. The van der Waals surface area contributed by atoms with Crippen molar-refractivity contribution in [1.29, 1.82) is 0 Å². The number of aromatic nitrogens is 3. The van der Waals surface area contributed by atoms with E-state index in [2.05, 4.69) is 64.3 Å². The van der Waals surface area contributed by atoms with Crippen molar-refractivity contribution in [2.24, 2.45) is 0 Å². The molecule has 2 aromatic carbocycles. The van der Waals surface area contributed by atoms with Crippen molar-refractivity contribution in [3.8, 4) is 17.0 Å². The Kier molecular flexibility index (Phi) is 5.33. The molecule has 0 radical (unpaired) electrons. The van der Waals surface area contributed by atoms with E-state index in [9.17, 15) is 0 Å². The number of hydrogen-bond acceptors (Lipinski definition) is 4. The van der Waals surface area contributed by atoms with Crippen LogP contribution in [0.5, 0.6) is 5.75 Å². The minimum atomic E-state index is 0.151. The number of fused-ring (bicyclic) bond motifs is 1. The smallest absolute Gasteiger partial charge is 0.146 e. The normalized spacial score (nSPS) is 15.3. The van der Waals surface area contributed by atoms with Gasteiger partial charge < -0.3 is 14.6 Å². The van der Waals surface area contributed by atoms with E-state index in [1.807, 2.05) is 18.2 Å². The Morgan fingerprint density at radius 3 is 2.45 bits per heavy atom. The summed E-state index contributed by atoms with van der Waals surface area (Å²) in [7, 11) is 1.70. The molecule has 1 N–H and O–H groups in total. The van der Waals surface area contributed by atoms with E-state index in [0.29, 0.717) is 6.04 Å². The summed E-state index contributed by atoms with van der Waals surface area (Å²) < 4.78 is 7.79. The fraction of sp³-hybridized carbons (Fsp3) is 0.308. The maximum atomic E-state index is 5.36. The predicted octanol–water partition coefficient (Wildman–Crippen LogP) is 6.40. The first-order chi connectivity index (χ1) is 15.2. The van der Waals surface area contributed by atoms with Crippen molar-refractivity contribution in [1.82, 2.24) is 14.5 Å². The van der Waals surface area contributed by atoms with Gasteiger partial charge in [-0.3, -0.25) is 0 Å². The highest BCUT2D eigenvalue weighted by atomic mass is 16.5. The summed E-state index contributed by atoms with van der Waals surface area (Å²) in [6.07, 6.45) is 6.62. The van der Waals surface area contributed by atoms with Gasteiger partial charge in [-0.05, 0) is 61.2 Å². The van der Waals surface area contributed by atoms with E-state index >= 15 is 0 Å². The number of anilines is 1. The fourth-order valence-electron chi connectivity index (χ4n) is 4.69. The highest BCUT2D eigenvalue weighted by molar-refractivity contribution is 5.92. The van der Waals surface area contributed by atoms with Gasteiger partial charge in [-0.25, -0.2) is 9.97 Å². The van der Waals surface area contributed by atoms with Crippen LogP contribution in [-0.4, -0.2) is 21.6 Å². The summed E-state index contributed by atoms with van der Waals surface area (Å²) in [5.41, 5.74) is 4.61. The van der Waals surface area contributed by atoms with Crippen molar-refractivity contribution in [2.75, 3.05) is 12.4 Å². The first-order valence-corrected chi connectivity index (χ1v) is 11.1. The van der Waals surface area contributed by atoms with Crippen molar-refractivity contribution >= 4 is 16.9 Å². The lowest BCUT2D eigenvalue weighted by molar-refractivity contribution is 0.415. The molecule has 0 saturated heterocycles. The van der Waals surface area contributed by atoms with Crippen molar-refractivity contribution in [2.45, 2.75) is 44.7 Å². The SMILES string of the molecule is COc1ccc(-c2cc3c(N[C@H](C)c4ccccc4)ncnc3n2C2CCCC2)cc1. The van der Waals surface area contributed by atoms with Gasteiger partial charge in [0.1, 0.15) is 23.5 Å². The van der Waals surface area contributed by atoms with Crippen LogP contribution >= 0.6 is 0 Å². The van der Waals surface area contributed by atoms with Gasteiger partial charge in [-0.2, -0.15) is 0 Å². The third kappa shape index (κ3) is 3.76. The lowest BCUT2D eigenvalue weighted by atomic mass is 10.1. The lowest BCUT2D eigenvalue weighted by Crippen LogP contribution is -2.10. The first-order valence-electron chi connectivity index (χ1n) is 11.1. The summed E-state index contributed by atoms with van der Waals surface area (Å²) >= 11 is 0. The standard InChI is InChI=1S/C26H28N4O/c1-18(19-8-4-3-5-9-19)29-25-23-16-24(20-12-14-22(31-2)15-13-20)30(21-10-6-7-11-21)26(23)28-17-27-25/h3-5,8-9,12-18,21H,6-7,10-11H2,1-2H3,(H,27,28,29)/t18-/m1/s1. The molecule has 0 aliphatic heterocycles. The van der Waals surface area contributed by atoms with Crippen LogP contribution in [0.2, 0.25) is 0 Å². The summed E-state index contributed by atoms with van der Waals surface area (Å²) in [4.78, 5) is 9.35. The average molecular weight is 413 g/mol. The number of rotatable bonds is 6. The molecule has 31 heavy (non-hydrogen) atoms. The van der Waals surface area contributed by atoms with Crippen molar-refractivity contribution in [3.63, 3.8) is 0 Å². The molecule has 0 unspecified atom stereocenters. The second-order valence-corrected chi connectivity index (χ2v) is 8.30. The van der Waals surface area contributed by atoms with Crippen LogP contribution in [0.25, 0.3) is 22.3 Å². The molecule has 1 fully saturated rings. The van der Waals surface area contributed by atoms with E-state index < -0.39 is 0 Å². The van der Waals surface area contributed by atoms with Gasteiger partial charge in [-0.1, -0.05) is 43.2 Å². The number of nitrogens with one attached hydrogen (secondary N) is 1. The molecule has 158 valence electrons. The Bertz CT molecular complexity index is 1160. The molecule has 1 saturated carbocycles. The van der Waals surface area contributed by atoms with Crippen LogP contribution in [0.3, 0.4) is 0 Å². The minimum Gasteiger partial charge on any atom is -0.497 e. The molecule has 0 bridgehead atoms. The molecule has 5 rings (SSSR count).